The van der Waals surface area contributed by atoms with Crippen molar-refractivity contribution in [2.75, 3.05) is 31.1 Å². The number of anilines is 1. The van der Waals surface area contributed by atoms with E-state index in [1.54, 1.807) is 36.1 Å². The molecule has 0 saturated carbocycles. The summed E-state index contributed by atoms with van der Waals surface area (Å²) in [7, 11) is -3.78. The lowest BCUT2D eigenvalue weighted by molar-refractivity contribution is -0.132. The number of piperazine rings is 1. The molecule has 1 amide bonds. The quantitative estimate of drug-likeness (QED) is 0.730. The van der Waals surface area contributed by atoms with Gasteiger partial charge in [0, 0.05) is 36.3 Å². The largest absolute Gasteiger partial charge is 0.368 e. The third kappa shape index (κ3) is 4.89. The zero-order chi connectivity index (χ0) is 20.3. The molecule has 0 spiro atoms. The van der Waals surface area contributed by atoms with E-state index in [2.05, 4.69) is 25.6 Å². The lowest BCUT2D eigenvalue weighted by atomic mass is 10.2. The minimum absolute atomic E-state index is 0.108. The molecule has 0 bridgehead atoms. The molecule has 0 aliphatic carbocycles. The summed E-state index contributed by atoms with van der Waals surface area (Å²) < 4.78 is 41.2. The van der Waals surface area contributed by atoms with E-state index in [1.807, 2.05) is 0 Å². The number of carbonyl (C=O) groups is 1. The fraction of sp³-hybridized carbons (Fsp3) is 0.316. The fourth-order valence-electron chi connectivity index (χ4n) is 3.08. The van der Waals surface area contributed by atoms with Crippen molar-refractivity contribution >= 4 is 37.5 Å². The zero-order valence-electron chi connectivity index (χ0n) is 15.3. The monoisotopic (exact) mass is 469 g/mol. The first-order valence-corrected chi connectivity index (χ1v) is 11.1. The smallest absolute Gasteiger partial charge is 0.241 e. The third-order valence-electron chi connectivity index (χ3n) is 4.61. The van der Waals surface area contributed by atoms with Crippen molar-refractivity contribution in [1.82, 2.24) is 9.62 Å². The van der Waals surface area contributed by atoms with Gasteiger partial charge in [0.05, 0.1) is 10.9 Å². The predicted molar refractivity (Wildman–Crippen MR) is 109 cm³/mol. The molecule has 1 saturated heterocycles. The van der Waals surface area contributed by atoms with Gasteiger partial charge in [0.15, 0.2) is 0 Å². The number of benzene rings is 2. The van der Waals surface area contributed by atoms with Gasteiger partial charge in [0.1, 0.15) is 5.82 Å². The highest BCUT2D eigenvalue weighted by Crippen LogP contribution is 2.18. The highest BCUT2D eigenvalue weighted by Gasteiger charge is 2.28. The summed E-state index contributed by atoms with van der Waals surface area (Å²) in [5, 5.41) is 0. The Balaban J connectivity index is 1.58. The highest BCUT2D eigenvalue weighted by atomic mass is 79.9. The first-order chi connectivity index (χ1) is 13.3. The van der Waals surface area contributed by atoms with E-state index in [1.165, 1.54) is 24.3 Å². The SMILES string of the molecule is C[C@H](NS(=O)(=O)c1ccc(Br)cc1)C(=O)N1CCN(c2ccc(F)cc2)CC1. The van der Waals surface area contributed by atoms with Crippen molar-refractivity contribution in [1.29, 1.82) is 0 Å². The zero-order valence-corrected chi connectivity index (χ0v) is 17.7. The van der Waals surface area contributed by atoms with Gasteiger partial charge in [-0.2, -0.15) is 4.72 Å². The molecule has 3 rings (SSSR count). The number of amides is 1. The first kappa shape index (κ1) is 20.8. The van der Waals surface area contributed by atoms with Crippen LogP contribution >= 0.6 is 15.9 Å². The van der Waals surface area contributed by atoms with Gasteiger partial charge in [0.25, 0.3) is 0 Å². The van der Waals surface area contributed by atoms with Crippen molar-refractivity contribution in [3.63, 3.8) is 0 Å². The Hall–Kier alpha value is -1.97. The van der Waals surface area contributed by atoms with E-state index in [9.17, 15) is 17.6 Å². The van der Waals surface area contributed by atoms with Gasteiger partial charge in [-0.1, -0.05) is 15.9 Å². The molecular formula is C19H21BrFN3O3S. The first-order valence-electron chi connectivity index (χ1n) is 8.83. The maximum Gasteiger partial charge on any atom is 0.241 e. The van der Waals surface area contributed by atoms with Gasteiger partial charge in [-0.05, 0) is 55.5 Å². The molecule has 1 fully saturated rings. The highest BCUT2D eigenvalue weighted by molar-refractivity contribution is 9.10. The average Bonchev–Trinajstić information content (AvgIpc) is 2.68. The summed E-state index contributed by atoms with van der Waals surface area (Å²) in [6, 6.07) is 11.6. The molecule has 0 radical (unpaired) electrons. The minimum Gasteiger partial charge on any atom is -0.368 e. The van der Waals surface area contributed by atoms with E-state index in [4.69, 9.17) is 0 Å². The Bertz CT molecular complexity index is 928. The number of rotatable bonds is 5. The normalized spacial score (nSPS) is 16.1. The Morgan fingerprint density at radius 1 is 1.04 bits per heavy atom. The van der Waals surface area contributed by atoms with Crippen LogP contribution in [-0.4, -0.2) is 51.4 Å². The topological polar surface area (TPSA) is 69.7 Å². The van der Waals surface area contributed by atoms with Crippen molar-refractivity contribution in [3.8, 4) is 0 Å². The molecule has 1 atom stereocenters. The van der Waals surface area contributed by atoms with Crippen molar-refractivity contribution in [2.45, 2.75) is 17.9 Å². The second kappa shape index (κ2) is 8.59. The van der Waals surface area contributed by atoms with Gasteiger partial charge < -0.3 is 9.80 Å². The molecule has 0 unspecified atom stereocenters. The van der Waals surface area contributed by atoms with E-state index in [-0.39, 0.29) is 16.6 Å². The van der Waals surface area contributed by atoms with E-state index in [0.29, 0.717) is 26.2 Å². The minimum atomic E-state index is -3.78. The Morgan fingerprint density at radius 2 is 1.61 bits per heavy atom. The number of nitrogens with one attached hydrogen (secondary N) is 1. The van der Waals surface area contributed by atoms with E-state index < -0.39 is 16.1 Å². The van der Waals surface area contributed by atoms with Crippen LogP contribution in [0.4, 0.5) is 10.1 Å². The summed E-state index contributed by atoms with van der Waals surface area (Å²) in [5.74, 6) is -0.552. The molecule has 28 heavy (non-hydrogen) atoms. The molecule has 6 nitrogen and oxygen atoms in total. The third-order valence-corrected chi connectivity index (χ3v) is 6.69. The number of hydrogen-bond donors (Lipinski definition) is 1. The maximum absolute atomic E-state index is 13.1. The average molecular weight is 470 g/mol. The molecule has 150 valence electrons. The second-order valence-electron chi connectivity index (χ2n) is 6.59. The van der Waals surface area contributed by atoms with Crippen LogP contribution in [0.15, 0.2) is 57.9 Å². The lowest BCUT2D eigenvalue weighted by Crippen LogP contribution is -2.54. The Labute approximate surface area is 172 Å². The van der Waals surface area contributed by atoms with Crippen molar-refractivity contribution in [3.05, 3.63) is 58.8 Å². The van der Waals surface area contributed by atoms with Crippen LogP contribution in [0, 0.1) is 5.82 Å². The molecule has 1 aliphatic rings. The lowest BCUT2D eigenvalue weighted by Gasteiger charge is -2.37. The van der Waals surface area contributed by atoms with Gasteiger partial charge >= 0.3 is 0 Å². The number of halogens is 2. The standard InChI is InChI=1S/C19H21BrFN3O3S/c1-14(22-28(26,27)18-8-2-15(20)3-9-18)19(25)24-12-10-23(11-13-24)17-6-4-16(21)5-7-17/h2-9,14,22H,10-13H2,1H3/t14-/m0/s1. The Kier molecular flexibility index (Phi) is 6.36. The fourth-order valence-corrected chi connectivity index (χ4v) is 4.54. The molecular weight excluding hydrogens is 449 g/mol. The van der Waals surface area contributed by atoms with Crippen LogP contribution < -0.4 is 9.62 Å². The summed E-state index contributed by atoms with van der Waals surface area (Å²) in [6.07, 6.45) is 0. The number of hydrogen-bond acceptors (Lipinski definition) is 4. The summed E-state index contributed by atoms with van der Waals surface area (Å²) in [4.78, 5) is 16.5. The summed E-state index contributed by atoms with van der Waals surface area (Å²) >= 11 is 3.26. The van der Waals surface area contributed by atoms with Gasteiger partial charge in [-0.3, -0.25) is 4.79 Å². The van der Waals surface area contributed by atoms with Crippen molar-refractivity contribution in [2.24, 2.45) is 0 Å². The van der Waals surface area contributed by atoms with Crippen LogP contribution in [0.3, 0.4) is 0 Å². The number of nitrogens with zero attached hydrogens (tertiary/aromatic N) is 2. The van der Waals surface area contributed by atoms with E-state index in [0.717, 1.165) is 10.2 Å². The Morgan fingerprint density at radius 3 is 2.18 bits per heavy atom. The van der Waals surface area contributed by atoms with Crippen molar-refractivity contribution < 1.29 is 17.6 Å². The molecule has 2 aromatic rings. The van der Waals surface area contributed by atoms with Gasteiger partial charge in [0.2, 0.25) is 15.9 Å². The molecule has 2 aromatic carbocycles. The number of sulfonamides is 1. The van der Waals surface area contributed by atoms with Crippen LogP contribution in [0.2, 0.25) is 0 Å². The predicted octanol–water partition coefficient (Wildman–Crippen LogP) is 2.60. The van der Waals surface area contributed by atoms with Gasteiger partial charge in [-0.25, -0.2) is 12.8 Å². The molecule has 9 heteroatoms. The van der Waals surface area contributed by atoms with E-state index >= 15 is 0 Å². The summed E-state index contributed by atoms with van der Waals surface area (Å²) in [5.41, 5.74) is 0.900. The van der Waals surface area contributed by atoms with Crippen LogP contribution in [0.5, 0.6) is 0 Å². The molecule has 1 heterocycles. The van der Waals surface area contributed by atoms with Crippen LogP contribution in [0.25, 0.3) is 0 Å². The van der Waals surface area contributed by atoms with Crippen LogP contribution in [-0.2, 0) is 14.8 Å². The van der Waals surface area contributed by atoms with Crippen LogP contribution in [0.1, 0.15) is 6.92 Å². The molecule has 0 aromatic heterocycles. The van der Waals surface area contributed by atoms with Gasteiger partial charge in [-0.15, -0.1) is 0 Å². The molecule has 1 aliphatic heterocycles. The number of carbonyl (C=O) groups excluding carboxylic acids is 1. The summed E-state index contributed by atoms with van der Waals surface area (Å²) in [6.45, 7) is 3.69. The second-order valence-corrected chi connectivity index (χ2v) is 9.22. The maximum atomic E-state index is 13.1. The molecule has 1 N–H and O–H groups in total.